The molecule has 1 saturated carbocycles. The Hall–Kier alpha value is -1.58. The Balaban J connectivity index is 1.86. The zero-order valence-electron chi connectivity index (χ0n) is 12.0. The number of nitrogen functional groups attached to an aromatic ring is 1. The van der Waals surface area contributed by atoms with Gasteiger partial charge in [0.2, 0.25) is 0 Å². The highest BCUT2D eigenvalue weighted by Crippen LogP contribution is 2.64. The van der Waals surface area contributed by atoms with Crippen LogP contribution in [-0.4, -0.2) is 19.3 Å². The minimum Gasteiger partial charge on any atom is -0.486 e. The third-order valence-corrected chi connectivity index (χ3v) is 5.03. The molecule has 0 unspecified atom stereocenters. The van der Waals surface area contributed by atoms with E-state index < -0.39 is 0 Å². The molecule has 1 aliphatic heterocycles. The fraction of sp³-hybridized carbons (Fsp3) is 0.600. The predicted molar refractivity (Wildman–Crippen MR) is 76.8 cm³/mol. The van der Waals surface area contributed by atoms with Gasteiger partial charge in [0, 0.05) is 18.2 Å². The number of rotatable bonds is 2. The van der Waals surface area contributed by atoms with Crippen molar-refractivity contribution in [1.29, 1.82) is 0 Å². The Labute approximate surface area is 114 Å². The number of benzene rings is 1. The van der Waals surface area contributed by atoms with Crippen LogP contribution >= 0.6 is 0 Å². The second-order valence-corrected chi connectivity index (χ2v) is 6.60. The maximum Gasteiger partial charge on any atom is 0.163 e. The van der Waals surface area contributed by atoms with Crippen molar-refractivity contribution in [3.8, 4) is 11.5 Å². The summed E-state index contributed by atoms with van der Waals surface area (Å²) >= 11 is 0. The Bertz CT molecular complexity index is 509. The third-order valence-electron chi connectivity index (χ3n) is 5.03. The van der Waals surface area contributed by atoms with Gasteiger partial charge in [0.05, 0.1) is 11.4 Å². The van der Waals surface area contributed by atoms with E-state index in [2.05, 4.69) is 33.0 Å². The van der Waals surface area contributed by atoms with Gasteiger partial charge in [0.1, 0.15) is 13.2 Å². The van der Waals surface area contributed by atoms with Gasteiger partial charge in [-0.15, -0.1) is 0 Å². The first kappa shape index (κ1) is 12.5. The Morgan fingerprint density at radius 1 is 1.05 bits per heavy atom. The van der Waals surface area contributed by atoms with Crippen LogP contribution in [0.3, 0.4) is 0 Å². The van der Waals surface area contributed by atoms with Gasteiger partial charge < -0.3 is 20.5 Å². The molecule has 1 fully saturated rings. The molecular weight excluding hydrogens is 240 g/mol. The van der Waals surface area contributed by atoms with Crippen molar-refractivity contribution in [2.45, 2.75) is 33.7 Å². The maximum absolute atomic E-state index is 6.10. The lowest BCUT2D eigenvalue weighted by molar-refractivity contribution is 0.172. The molecule has 0 saturated heterocycles. The molecule has 1 aliphatic carbocycles. The number of hydrogen-bond donors (Lipinski definition) is 2. The summed E-state index contributed by atoms with van der Waals surface area (Å²) in [4.78, 5) is 0. The van der Waals surface area contributed by atoms with Crippen molar-refractivity contribution in [2.75, 3.05) is 24.3 Å². The highest BCUT2D eigenvalue weighted by Gasteiger charge is 2.65. The smallest absolute Gasteiger partial charge is 0.163 e. The molecule has 4 heteroatoms. The average molecular weight is 262 g/mol. The molecule has 1 aromatic carbocycles. The summed E-state index contributed by atoms with van der Waals surface area (Å²) in [6.45, 7) is 10.3. The Morgan fingerprint density at radius 2 is 1.58 bits per heavy atom. The Kier molecular flexibility index (Phi) is 2.43. The minimum atomic E-state index is 0.271. The van der Waals surface area contributed by atoms with Crippen LogP contribution in [0.25, 0.3) is 0 Å². The van der Waals surface area contributed by atoms with E-state index in [-0.39, 0.29) is 10.8 Å². The summed E-state index contributed by atoms with van der Waals surface area (Å²) in [5.74, 6) is 1.52. The second-order valence-electron chi connectivity index (χ2n) is 6.60. The van der Waals surface area contributed by atoms with E-state index in [1.54, 1.807) is 0 Å². The molecule has 1 aromatic rings. The molecule has 0 aromatic heterocycles. The van der Waals surface area contributed by atoms with E-state index in [4.69, 9.17) is 15.2 Å². The van der Waals surface area contributed by atoms with E-state index in [0.717, 1.165) is 17.2 Å². The zero-order valence-corrected chi connectivity index (χ0v) is 12.0. The van der Waals surface area contributed by atoms with Crippen LogP contribution in [0.5, 0.6) is 11.5 Å². The van der Waals surface area contributed by atoms with Gasteiger partial charge in [-0.05, 0) is 10.8 Å². The molecule has 2 aliphatic rings. The molecule has 19 heavy (non-hydrogen) atoms. The van der Waals surface area contributed by atoms with Gasteiger partial charge in [0.15, 0.2) is 11.5 Å². The quantitative estimate of drug-likeness (QED) is 0.805. The van der Waals surface area contributed by atoms with Gasteiger partial charge in [0.25, 0.3) is 0 Å². The summed E-state index contributed by atoms with van der Waals surface area (Å²) in [6.07, 6.45) is 0. The third kappa shape index (κ3) is 1.73. The van der Waals surface area contributed by atoms with E-state index >= 15 is 0 Å². The summed E-state index contributed by atoms with van der Waals surface area (Å²) in [5.41, 5.74) is 8.29. The van der Waals surface area contributed by atoms with E-state index in [1.165, 1.54) is 0 Å². The van der Waals surface area contributed by atoms with Gasteiger partial charge in [-0.3, -0.25) is 0 Å². The zero-order chi connectivity index (χ0) is 13.8. The first-order valence-electron chi connectivity index (χ1n) is 6.79. The van der Waals surface area contributed by atoms with Crippen LogP contribution in [-0.2, 0) is 0 Å². The van der Waals surface area contributed by atoms with Gasteiger partial charge in [-0.2, -0.15) is 0 Å². The molecule has 0 spiro atoms. The largest absolute Gasteiger partial charge is 0.486 e. The van der Waals surface area contributed by atoms with Gasteiger partial charge in [-0.25, -0.2) is 0 Å². The van der Waals surface area contributed by atoms with E-state index in [9.17, 15) is 0 Å². The molecule has 1 heterocycles. The monoisotopic (exact) mass is 262 g/mol. The number of anilines is 2. The summed E-state index contributed by atoms with van der Waals surface area (Å²) in [6, 6.07) is 4.22. The lowest BCUT2D eigenvalue weighted by Gasteiger charge is -2.21. The second kappa shape index (κ2) is 3.71. The molecule has 3 rings (SSSR count). The van der Waals surface area contributed by atoms with Crippen LogP contribution in [0, 0.1) is 10.8 Å². The standard InChI is InChI=1S/C15H22N2O2/c1-14(2)13(15(14,3)4)17-10-8-12-11(7-9(10)16)18-5-6-19-12/h7-8,13,17H,5-6,16H2,1-4H3. The van der Waals surface area contributed by atoms with Crippen LogP contribution in [0.15, 0.2) is 12.1 Å². The number of nitrogens with one attached hydrogen (secondary N) is 1. The van der Waals surface area contributed by atoms with Gasteiger partial charge >= 0.3 is 0 Å². The van der Waals surface area contributed by atoms with Crippen molar-refractivity contribution < 1.29 is 9.47 Å². The van der Waals surface area contributed by atoms with Crippen molar-refractivity contribution >= 4 is 11.4 Å². The maximum atomic E-state index is 6.10. The van der Waals surface area contributed by atoms with Crippen LogP contribution in [0.4, 0.5) is 11.4 Å². The first-order chi connectivity index (χ1) is 8.84. The summed E-state index contributed by atoms with van der Waals surface area (Å²) in [7, 11) is 0. The number of nitrogens with two attached hydrogens (primary N) is 1. The Morgan fingerprint density at radius 3 is 2.11 bits per heavy atom. The molecular formula is C15H22N2O2. The topological polar surface area (TPSA) is 56.5 Å². The highest BCUT2D eigenvalue weighted by atomic mass is 16.6. The normalized spacial score (nSPS) is 22.9. The van der Waals surface area contributed by atoms with Crippen molar-refractivity contribution in [2.24, 2.45) is 10.8 Å². The van der Waals surface area contributed by atoms with Crippen LogP contribution < -0.4 is 20.5 Å². The number of hydrogen-bond acceptors (Lipinski definition) is 4. The summed E-state index contributed by atoms with van der Waals surface area (Å²) in [5, 5.41) is 3.55. The van der Waals surface area contributed by atoms with E-state index in [1.807, 2.05) is 12.1 Å². The fourth-order valence-corrected chi connectivity index (χ4v) is 2.94. The van der Waals surface area contributed by atoms with Crippen molar-refractivity contribution in [1.82, 2.24) is 0 Å². The lowest BCUT2D eigenvalue weighted by atomic mass is 10.0. The van der Waals surface area contributed by atoms with Gasteiger partial charge in [-0.1, -0.05) is 27.7 Å². The molecule has 4 nitrogen and oxygen atoms in total. The molecule has 3 N–H and O–H groups in total. The van der Waals surface area contributed by atoms with Crippen LogP contribution in [0.1, 0.15) is 27.7 Å². The van der Waals surface area contributed by atoms with E-state index in [0.29, 0.717) is 24.9 Å². The summed E-state index contributed by atoms with van der Waals surface area (Å²) < 4.78 is 11.1. The SMILES string of the molecule is CC1(C)C(Nc2cc3c(cc2N)OCCO3)C1(C)C. The lowest BCUT2D eigenvalue weighted by Crippen LogP contribution is -2.17. The van der Waals surface area contributed by atoms with Crippen molar-refractivity contribution in [3.63, 3.8) is 0 Å². The highest BCUT2D eigenvalue weighted by molar-refractivity contribution is 5.73. The minimum absolute atomic E-state index is 0.271. The first-order valence-corrected chi connectivity index (χ1v) is 6.79. The molecule has 0 radical (unpaired) electrons. The fourth-order valence-electron chi connectivity index (χ4n) is 2.94. The van der Waals surface area contributed by atoms with Crippen molar-refractivity contribution in [3.05, 3.63) is 12.1 Å². The average Bonchev–Trinajstić information content (AvgIpc) is 2.72. The molecule has 0 bridgehead atoms. The number of fused-ring (bicyclic) bond motifs is 1. The molecule has 0 amide bonds. The molecule has 104 valence electrons. The number of ether oxygens (including phenoxy) is 2. The predicted octanol–water partition coefficient (Wildman–Crippen LogP) is 2.89. The molecule has 0 atom stereocenters. The van der Waals surface area contributed by atoms with Crippen LogP contribution in [0.2, 0.25) is 0 Å².